The topological polar surface area (TPSA) is 60.7 Å². The first-order valence-electron chi connectivity index (χ1n) is 8.59. The number of aliphatic hydroxyl groups excluding tert-OH is 2. The molecule has 0 aliphatic rings. The molecule has 2 unspecified atom stereocenters. The molecule has 0 fully saturated rings. The molecule has 0 saturated heterocycles. The average Bonchev–Trinajstić information content (AvgIpc) is 2.57. The second-order valence-electron chi connectivity index (χ2n) is 6.41. The summed E-state index contributed by atoms with van der Waals surface area (Å²) in [6.07, 6.45) is 6.02. The van der Waals surface area contributed by atoms with E-state index in [1.165, 1.54) is 0 Å². The number of rotatable bonds is 11. The third-order valence-corrected chi connectivity index (χ3v) is 4.69. The van der Waals surface area contributed by atoms with Gasteiger partial charge in [0.05, 0.1) is 13.2 Å². The molecule has 126 valence electrons. The van der Waals surface area contributed by atoms with Crippen molar-refractivity contribution in [3.63, 3.8) is 0 Å². The molecule has 0 radical (unpaired) electrons. The van der Waals surface area contributed by atoms with Gasteiger partial charge in [-0.05, 0) is 23.8 Å². The van der Waals surface area contributed by atoms with Gasteiger partial charge in [0.15, 0.2) is 0 Å². The number of aliphatic hydroxyl groups is 3. The highest BCUT2D eigenvalue weighted by atomic mass is 16.4. The van der Waals surface area contributed by atoms with Crippen molar-refractivity contribution in [2.75, 3.05) is 13.2 Å². The quantitative estimate of drug-likeness (QED) is 0.588. The van der Waals surface area contributed by atoms with Gasteiger partial charge in [-0.15, -0.1) is 0 Å². The number of hydrogen-bond acceptors (Lipinski definition) is 3. The number of unbranched alkanes of at least 4 members (excludes halogenated alkanes) is 1. The van der Waals surface area contributed by atoms with Crippen molar-refractivity contribution in [3.05, 3.63) is 35.9 Å². The lowest BCUT2D eigenvalue weighted by atomic mass is 9.71. The van der Waals surface area contributed by atoms with Gasteiger partial charge in [0, 0.05) is 0 Å². The smallest absolute Gasteiger partial charge is 0.114 e. The maximum atomic E-state index is 10.7. The maximum Gasteiger partial charge on any atom is 0.114 e. The Labute approximate surface area is 135 Å². The van der Waals surface area contributed by atoms with Crippen LogP contribution in [0.15, 0.2) is 30.3 Å². The minimum Gasteiger partial charge on any atom is -0.393 e. The van der Waals surface area contributed by atoms with Crippen molar-refractivity contribution in [1.29, 1.82) is 0 Å². The van der Waals surface area contributed by atoms with E-state index in [-0.39, 0.29) is 5.92 Å². The molecule has 0 spiro atoms. The van der Waals surface area contributed by atoms with Gasteiger partial charge in [0.2, 0.25) is 0 Å². The lowest BCUT2D eigenvalue weighted by Crippen LogP contribution is -2.49. The van der Waals surface area contributed by atoms with Crippen LogP contribution in [0.1, 0.15) is 51.5 Å². The van der Waals surface area contributed by atoms with Gasteiger partial charge in [-0.2, -0.15) is 0 Å². The summed E-state index contributed by atoms with van der Waals surface area (Å²) < 4.78 is 0. The van der Waals surface area contributed by atoms with Crippen LogP contribution in [0.25, 0.3) is 0 Å². The second kappa shape index (κ2) is 9.98. The Morgan fingerprint density at radius 3 is 2.09 bits per heavy atom. The van der Waals surface area contributed by atoms with Crippen LogP contribution in [0.4, 0.5) is 0 Å². The molecule has 0 heterocycles. The first-order valence-corrected chi connectivity index (χ1v) is 8.59. The molecule has 1 aromatic rings. The molecule has 3 N–H and O–H groups in total. The van der Waals surface area contributed by atoms with Crippen molar-refractivity contribution in [2.24, 2.45) is 11.8 Å². The standard InChI is InChI=1S/C19H32O3/c1-3-5-12-17(9-4-2)18(19(22,14-20)15-21)13-16-10-7-6-8-11-16/h6-8,10-11,17-18,20-22H,3-5,9,12-15H2,1-2H3. The Morgan fingerprint density at radius 2 is 1.59 bits per heavy atom. The third kappa shape index (κ3) is 5.38. The van der Waals surface area contributed by atoms with Gasteiger partial charge in [-0.1, -0.05) is 76.3 Å². The van der Waals surface area contributed by atoms with E-state index in [9.17, 15) is 15.3 Å². The summed E-state index contributed by atoms with van der Waals surface area (Å²) in [5, 5.41) is 30.1. The van der Waals surface area contributed by atoms with Crippen molar-refractivity contribution in [1.82, 2.24) is 0 Å². The van der Waals surface area contributed by atoms with Crippen LogP contribution in [-0.4, -0.2) is 34.1 Å². The lowest BCUT2D eigenvalue weighted by molar-refractivity contribution is -0.113. The molecule has 3 nitrogen and oxygen atoms in total. The summed E-state index contributed by atoms with van der Waals surface area (Å²) in [6, 6.07) is 10.0. The SMILES string of the molecule is CCCCC(CCC)C(Cc1ccccc1)C(O)(CO)CO. The maximum absolute atomic E-state index is 10.7. The fourth-order valence-corrected chi connectivity index (χ4v) is 3.33. The van der Waals surface area contributed by atoms with Crippen molar-refractivity contribution < 1.29 is 15.3 Å². The molecular weight excluding hydrogens is 276 g/mol. The predicted molar refractivity (Wildman–Crippen MR) is 90.7 cm³/mol. The Balaban J connectivity index is 3.01. The largest absolute Gasteiger partial charge is 0.393 e. The van der Waals surface area contributed by atoms with E-state index in [4.69, 9.17) is 0 Å². The Bertz CT molecular complexity index is 387. The third-order valence-electron chi connectivity index (χ3n) is 4.69. The molecule has 0 aromatic heterocycles. The zero-order valence-corrected chi connectivity index (χ0v) is 14.0. The summed E-state index contributed by atoms with van der Waals surface area (Å²) in [4.78, 5) is 0. The Morgan fingerprint density at radius 1 is 0.955 bits per heavy atom. The van der Waals surface area contributed by atoms with Crippen LogP contribution in [-0.2, 0) is 6.42 Å². The summed E-state index contributed by atoms with van der Waals surface area (Å²) in [5.74, 6) is 0.186. The Kier molecular flexibility index (Phi) is 8.69. The van der Waals surface area contributed by atoms with Gasteiger partial charge in [0.25, 0.3) is 0 Å². The fourth-order valence-electron chi connectivity index (χ4n) is 3.33. The highest BCUT2D eigenvalue weighted by Gasteiger charge is 2.40. The molecule has 3 heteroatoms. The molecule has 0 aliphatic heterocycles. The Hall–Kier alpha value is -0.900. The van der Waals surface area contributed by atoms with E-state index in [0.29, 0.717) is 12.3 Å². The summed E-state index contributed by atoms with van der Waals surface area (Å²) >= 11 is 0. The summed E-state index contributed by atoms with van der Waals surface area (Å²) in [7, 11) is 0. The fraction of sp³-hybridized carbons (Fsp3) is 0.684. The molecule has 0 amide bonds. The van der Waals surface area contributed by atoms with E-state index < -0.39 is 18.8 Å². The van der Waals surface area contributed by atoms with Crippen LogP contribution in [0.3, 0.4) is 0 Å². The normalized spacial score (nSPS) is 14.8. The minimum absolute atomic E-state index is 0.128. The van der Waals surface area contributed by atoms with Crippen molar-refractivity contribution >= 4 is 0 Å². The monoisotopic (exact) mass is 308 g/mol. The molecule has 0 saturated carbocycles. The first kappa shape index (κ1) is 19.1. The second-order valence-corrected chi connectivity index (χ2v) is 6.41. The zero-order chi connectivity index (χ0) is 16.4. The summed E-state index contributed by atoms with van der Waals surface area (Å²) in [6.45, 7) is 3.52. The highest BCUT2D eigenvalue weighted by molar-refractivity contribution is 5.16. The van der Waals surface area contributed by atoms with Crippen LogP contribution in [0, 0.1) is 11.8 Å². The van der Waals surface area contributed by atoms with Gasteiger partial charge in [-0.25, -0.2) is 0 Å². The number of hydrogen-bond donors (Lipinski definition) is 3. The van der Waals surface area contributed by atoms with E-state index in [2.05, 4.69) is 13.8 Å². The number of benzene rings is 1. The highest BCUT2D eigenvalue weighted by Crippen LogP contribution is 2.34. The molecular formula is C19H32O3. The summed E-state index contributed by atoms with van der Waals surface area (Å²) in [5.41, 5.74) is -0.269. The predicted octanol–water partition coefficient (Wildman–Crippen LogP) is 3.17. The molecule has 2 atom stereocenters. The van der Waals surface area contributed by atoms with E-state index >= 15 is 0 Å². The van der Waals surface area contributed by atoms with Crippen LogP contribution in [0.5, 0.6) is 0 Å². The van der Waals surface area contributed by atoms with Crippen LogP contribution < -0.4 is 0 Å². The van der Waals surface area contributed by atoms with Gasteiger partial charge in [0.1, 0.15) is 5.60 Å². The molecule has 1 rings (SSSR count). The molecule has 22 heavy (non-hydrogen) atoms. The van der Waals surface area contributed by atoms with E-state index in [1.807, 2.05) is 30.3 Å². The van der Waals surface area contributed by atoms with Gasteiger partial charge in [-0.3, -0.25) is 0 Å². The minimum atomic E-state index is -1.41. The van der Waals surface area contributed by atoms with E-state index in [0.717, 1.165) is 37.7 Å². The first-order chi connectivity index (χ1) is 10.6. The molecule has 0 bridgehead atoms. The average molecular weight is 308 g/mol. The van der Waals surface area contributed by atoms with Crippen LogP contribution >= 0.6 is 0 Å². The van der Waals surface area contributed by atoms with Crippen molar-refractivity contribution in [3.8, 4) is 0 Å². The van der Waals surface area contributed by atoms with Crippen LogP contribution in [0.2, 0.25) is 0 Å². The van der Waals surface area contributed by atoms with Crippen molar-refractivity contribution in [2.45, 2.75) is 58.0 Å². The van der Waals surface area contributed by atoms with Gasteiger partial charge < -0.3 is 15.3 Å². The van der Waals surface area contributed by atoms with Gasteiger partial charge >= 0.3 is 0 Å². The van der Waals surface area contributed by atoms with E-state index in [1.54, 1.807) is 0 Å². The lowest BCUT2D eigenvalue weighted by Gasteiger charge is -2.39. The molecule has 1 aromatic carbocycles. The zero-order valence-electron chi connectivity index (χ0n) is 14.0. The molecule has 0 aliphatic carbocycles.